The Hall–Kier alpha value is -4.33. The third-order valence-electron chi connectivity index (χ3n) is 4.98. The van der Waals surface area contributed by atoms with Crippen LogP contribution in [0.5, 0.6) is 11.5 Å². The molecule has 1 aromatic heterocycles. The van der Waals surface area contributed by atoms with Gasteiger partial charge in [-0.15, -0.1) is 0 Å². The number of amides is 1. The average Bonchev–Trinajstić information content (AvgIpc) is 3.43. The first kappa shape index (κ1) is 21.9. The van der Waals surface area contributed by atoms with Crippen LogP contribution in [0.15, 0.2) is 75.8 Å². The quantitative estimate of drug-likeness (QED) is 0.393. The smallest absolute Gasteiger partial charge is 0.373 e. The molecule has 2 heterocycles. The Bertz CT molecular complexity index is 1240. The van der Waals surface area contributed by atoms with Crippen LogP contribution in [0.3, 0.4) is 0 Å². The molecule has 3 aromatic rings. The first-order chi connectivity index (χ1) is 16.0. The van der Waals surface area contributed by atoms with Gasteiger partial charge >= 0.3 is 5.97 Å². The Morgan fingerprint density at radius 2 is 1.85 bits per heavy atom. The van der Waals surface area contributed by atoms with Crippen molar-refractivity contribution in [2.75, 3.05) is 19.2 Å². The van der Waals surface area contributed by atoms with E-state index in [9.17, 15) is 9.59 Å². The number of hydrogen-bond acceptors (Lipinski definition) is 7. The minimum Gasteiger partial charge on any atom is -0.493 e. The Morgan fingerprint density at radius 3 is 2.58 bits per heavy atom. The zero-order valence-electron chi connectivity index (χ0n) is 18.4. The summed E-state index contributed by atoms with van der Waals surface area (Å²) in [4.78, 5) is 24.4. The normalized spacial score (nSPS) is 14.4. The highest BCUT2D eigenvalue weighted by atomic mass is 16.5. The van der Waals surface area contributed by atoms with Crippen molar-refractivity contribution in [1.29, 1.82) is 0 Å². The number of esters is 1. The van der Waals surface area contributed by atoms with Crippen LogP contribution in [0.2, 0.25) is 0 Å². The molecule has 0 fully saturated rings. The van der Waals surface area contributed by atoms with Crippen molar-refractivity contribution in [3.63, 3.8) is 0 Å². The maximum atomic E-state index is 12.9. The molecule has 1 amide bonds. The summed E-state index contributed by atoms with van der Waals surface area (Å²) in [6.07, 6.45) is 1.77. The summed E-state index contributed by atoms with van der Waals surface area (Å²) in [7, 11) is 2.82. The Kier molecular flexibility index (Phi) is 6.26. The summed E-state index contributed by atoms with van der Waals surface area (Å²) < 4.78 is 21.3. The molecule has 33 heavy (non-hydrogen) atoms. The van der Waals surface area contributed by atoms with E-state index in [0.29, 0.717) is 34.2 Å². The van der Waals surface area contributed by atoms with Crippen LogP contribution in [0.1, 0.15) is 28.8 Å². The zero-order chi connectivity index (χ0) is 23.4. The molecule has 1 aliphatic rings. The fourth-order valence-electron chi connectivity index (χ4n) is 3.30. The summed E-state index contributed by atoms with van der Waals surface area (Å²) in [5.41, 5.74) is 2.60. The van der Waals surface area contributed by atoms with Crippen LogP contribution in [-0.2, 0) is 16.1 Å². The summed E-state index contributed by atoms with van der Waals surface area (Å²) in [6.45, 7) is 1.90. The first-order valence-corrected chi connectivity index (χ1v) is 10.1. The van der Waals surface area contributed by atoms with Crippen molar-refractivity contribution in [3.8, 4) is 11.5 Å². The van der Waals surface area contributed by atoms with Crippen LogP contribution in [0.4, 0.5) is 5.69 Å². The van der Waals surface area contributed by atoms with Crippen molar-refractivity contribution in [2.24, 2.45) is 5.10 Å². The van der Waals surface area contributed by atoms with Gasteiger partial charge in [0.1, 0.15) is 12.4 Å². The summed E-state index contributed by atoms with van der Waals surface area (Å²) >= 11 is 0. The minimum absolute atomic E-state index is 0.101. The molecular weight excluding hydrogens is 424 g/mol. The number of carbonyl (C=O) groups excluding carboxylic acids is 2. The van der Waals surface area contributed by atoms with Gasteiger partial charge in [0.25, 0.3) is 5.91 Å². The van der Waals surface area contributed by atoms with Gasteiger partial charge in [-0.05, 0) is 55.0 Å². The second kappa shape index (κ2) is 9.44. The van der Waals surface area contributed by atoms with Crippen molar-refractivity contribution in [1.82, 2.24) is 0 Å². The van der Waals surface area contributed by atoms with Gasteiger partial charge in [-0.25, -0.2) is 4.79 Å². The van der Waals surface area contributed by atoms with E-state index in [1.807, 2.05) is 36.4 Å². The number of carbonyl (C=O) groups is 2. The van der Waals surface area contributed by atoms with Crippen LogP contribution < -0.4 is 14.5 Å². The molecule has 2 aromatic carbocycles. The second-order valence-corrected chi connectivity index (χ2v) is 7.15. The Balaban J connectivity index is 1.50. The highest BCUT2D eigenvalue weighted by Gasteiger charge is 2.28. The molecule has 8 nitrogen and oxygen atoms in total. The number of hydrazone groups is 1. The molecule has 0 bridgehead atoms. The van der Waals surface area contributed by atoms with Crippen molar-refractivity contribution in [3.05, 3.63) is 83.3 Å². The molecule has 0 N–H and O–H groups in total. The van der Waals surface area contributed by atoms with E-state index in [1.165, 1.54) is 25.3 Å². The van der Waals surface area contributed by atoms with E-state index in [1.54, 1.807) is 31.2 Å². The Morgan fingerprint density at radius 1 is 1.06 bits per heavy atom. The predicted octanol–water partition coefficient (Wildman–Crippen LogP) is 4.46. The van der Waals surface area contributed by atoms with Gasteiger partial charge in [-0.1, -0.05) is 24.3 Å². The molecule has 0 aliphatic carbocycles. The Labute approximate surface area is 190 Å². The maximum absolute atomic E-state index is 12.9. The van der Waals surface area contributed by atoms with E-state index < -0.39 is 5.97 Å². The van der Waals surface area contributed by atoms with Crippen LogP contribution in [-0.4, -0.2) is 31.8 Å². The van der Waals surface area contributed by atoms with Gasteiger partial charge in [-0.3, -0.25) is 4.79 Å². The van der Waals surface area contributed by atoms with E-state index in [-0.39, 0.29) is 18.3 Å². The number of rotatable bonds is 7. The molecule has 1 aliphatic heterocycles. The third kappa shape index (κ3) is 4.64. The number of benzene rings is 2. The standard InChI is InChI=1S/C25H22N2O6/c1-16-20(24(28)27(26-16)18-7-5-4-6-8-18)13-17-9-11-21(23(14-17)30-2)32-15-19-10-12-22(33-19)25(29)31-3/h4-14H,15H2,1-3H3. The van der Waals surface area contributed by atoms with Crippen molar-refractivity contribution in [2.45, 2.75) is 13.5 Å². The monoisotopic (exact) mass is 446 g/mol. The van der Waals surface area contributed by atoms with E-state index in [2.05, 4.69) is 9.84 Å². The molecule has 4 rings (SSSR count). The van der Waals surface area contributed by atoms with Crippen LogP contribution >= 0.6 is 0 Å². The van der Waals surface area contributed by atoms with E-state index in [0.717, 1.165) is 5.56 Å². The fraction of sp³-hybridized carbons (Fsp3) is 0.160. The third-order valence-corrected chi connectivity index (χ3v) is 4.98. The molecular formula is C25H22N2O6. The van der Waals surface area contributed by atoms with E-state index >= 15 is 0 Å². The van der Waals surface area contributed by atoms with Crippen LogP contribution in [0.25, 0.3) is 6.08 Å². The van der Waals surface area contributed by atoms with Gasteiger partial charge in [0.2, 0.25) is 5.76 Å². The predicted molar refractivity (Wildman–Crippen MR) is 122 cm³/mol. The molecule has 0 unspecified atom stereocenters. The van der Waals surface area contributed by atoms with Crippen LogP contribution in [0, 0.1) is 0 Å². The summed E-state index contributed by atoms with van der Waals surface area (Å²) in [5.74, 6) is 0.800. The number of para-hydroxylation sites is 1. The maximum Gasteiger partial charge on any atom is 0.373 e. The van der Waals surface area contributed by atoms with Gasteiger partial charge in [-0.2, -0.15) is 10.1 Å². The second-order valence-electron chi connectivity index (χ2n) is 7.15. The lowest BCUT2D eigenvalue weighted by atomic mass is 10.1. The molecule has 0 spiro atoms. The number of hydrogen-bond donors (Lipinski definition) is 0. The zero-order valence-corrected chi connectivity index (χ0v) is 18.4. The van der Waals surface area contributed by atoms with Gasteiger partial charge < -0.3 is 18.6 Å². The van der Waals surface area contributed by atoms with Gasteiger partial charge in [0.15, 0.2) is 11.5 Å². The molecule has 0 saturated heterocycles. The highest BCUT2D eigenvalue weighted by Crippen LogP contribution is 2.31. The number of ether oxygens (including phenoxy) is 3. The number of furan rings is 1. The van der Waals surface area contributed by atoms with E-state index in [4.69, 9.17) is 13.9 Å². The molecule has 0 saturated carbocycles. The average molecular weight is 446 g/mol. The lowest BCUT2D eigenvalue weighted by Gasteiger charge is -2.12. The number of methoxy groups -OCH3 is 2. The van der Waals surface area contributed by atoms with Crippen molar-refractivity contribution < 1.29 is 28.2 Å². The summed E-state index contributed by atoms with van der Waals surface area (Å²) in [5, 5.41) is 5.78. The molecule has 168 valence electrons. The van der Waals surface area contributed by atoms with Gasteiger partial charge in [0.05, 0.1) is 31.2 Å². The number of anilines is 1. The topological polar surface area (TPSA) is 90.6 Å². The summed E-state index contributed by atoms with van der Waals surface area (Å²) in [6, 6.07) is 17.8. The SMILES string of the molecule is COC(=O)c1ccc(COc2ccc(C=C3C(=O)N(c4ccccc4)N=C3C)cc2OC)o1. The van der Waals surface area contributed by atoms with Crippen molar-refractivity contribution >= 4 is 29.4 Å². The fourth-order valence-corrected chi connectivity index (χ4v) is 3.30. The van der Waals surface area contributed by atoms with Gasteiger partial charge in [0, 0.05) is 0 Å². The highest BCUT2D eigenvalue weighted by molar-refractivity contribution is 6.32. The number of nitrogens with zero attached hydrogens (tertiary/aromatic N) is 2. The first-order valence-electron chi connectivity index (χ1n) is 10.1. The minimum atomic E-state index is -0.553. The largest absolute Gasteiger partial charge is 0.493 e. The molecule has 0 radical (unpaired) electrons. The molecule has 8 heteroatoms. The molecule has 0 atom stereocenters. The lowest BCUT2D eigenvalue weighted by molar-refractivity contribution is -0.114. The lowest BCUT2D eigenvalue weighted by Crippen LogP contribution is -2.21.